The number of hydrogen-bond acceptors (Lipinski definition) is 4. The zero-order valence-corrected chi connectivity index (χ0v) is 15.5. The number of carbonyl (C=O) groups is 1. The molecule has 5 nitrogen and oxygen atoms in total. The van der Waals surface area contributed by atoms with Crippen molar-refractivity contribution in [1.29, 1.82) is 0 Å². The fraction of sp³-hybridized carbons (Fsp3) is 0.650. The van der Waals surface area contributed by atoms with Crippen LogP contribution in [0.5, 0.6) is 5.75 Å². The molecule has 138 valence electrons. The van der Waals surface area contributed by atoms with Gasteiger partial charge in [0.05, 0.1) is 13.2 Å². The lowest BCUT2D eigenvalue weighted by atomic mass is 10.1. The number of benzene rings is 1. The van der Waals surface area contributed by atoms with Crippen molar-refractivity contribution in [1.82, 2.24) is 15.1 Å². The Morgan fingerprint density at radius 2 is 1.80 bits per heavy atom. The van der Waals surface area contributed by atoms with Gasteiger partial charge in [-0.3, -0.25) is 14.6 Å². The molecule has 1 aliphatic carbocycles. The van der Waals surface area contributed by atoms with Gasteiger partial charge in [-0.1, -0.05) is 25.0 Å². The van der Waals surface area contributed by atoms with Gasteiger partial charge >= 0.3 is 0 Å². The quantitative estimate of drug-likeness (QED) is 0.859. The van der Waals surface area contributed by atoms with Crippen LogP contribution in [0.2, 0.25) is 0 Å². The van der Waals surface area contributed by atoms with E-state index in [0.717, 1.165) is 51.3 Å². The predicted molar refractivity (Wildman–Crippen MR) is 99.7 cm³/mol. The van der Waals surface area contributed by atoms with Crippen molar-refractivity contribution in [2.45, 2.75) is 51.2 Å². The molecule has 0 radical (unpaired) electrons. The first-order valence-electron chi connectivity index (χ1n) is 9.55. The molecule has 0 spiro atoms. The van der Waals surface area contributed by atoms with Crippen LogP contribution < -0.4 is 10.1 Å². The normalized spacial score (nSPS) is 21.2. The van der Waals surface area contributed by atoms with E-state index in [2.05, 4.69) is 27.2 Å². The lowest BCUT2D eigenvalue weighted by molar-refractivity contribution is -0.127. The van der Waals surface area contributed by atoms with E-state index < -0.39 is 0 Å². The van der Waals surface area contributed by atoms with E-state index >= 15 is 0 Å². The van der Waals surface area contributed by atoms with Crippen LogP contribution in [-0.2, 0) is 11.3 Å². The smallest absolute Gasteiger partial charge is 0.237 e. The van der Waals surface area contributed by atoms with Crippen molar-refractivity contribution in [2.75, 3.05) is 33.3 Å². The number of rotatable bonds is 6. The molecular formula is C20H31N3O2. The van der Waals surface area contributed by atoms with Crippen LogP contribution in [0.4, 0.5) is 0 Å². The third kappa shape index (κ3) is 4.95. The number of methoxy groups -OCH3 is 1. The van der Waals surface area contributed by atoms with E-state index in [4.69, 9.17) is 4.74 Å². The molecule has 2 aliphatic rings. The van der Waals surface area contributed by atoms with Crippen molar-refractivity contribution < 1.29 is 9.53 Å². The topological polar surface area (TPSA) is 44.8 Å². The van der Waals surface area contributed by atoms with Gasteiger partial charge in [0.25, 0.3) is 0 Å². The molecule has 1 N–H and O–H groups in total. The summed E-state index contributed by atoms with van der Waals surface area (Å²) < 4.78 is 5.21. The summed E-state index contributed by atoms with van der Waals surface area (Å²) in [4.78, 5) is 17.2. The predicted octanol–water partition coefficient (Wildman–Crippen LogP) is 2.26. The molecule has 1 aromatic carbocycles. The molecule has 0 unspecified atom stereocenters. The number of amides is 1. The summed E-state index contributed by atoms with van der Waals surface area (Å²) in [6, 6.07) is 8.67. The maximum Gasteiger partial charge on any atom is 0.237 e. The van der Waals surface area contributed by atoms with E-state index in [0.29, 0.717) is 6.04 Å². The average molecular weight is 345 g/mol. The van der Waals surface area contributed by atoms with E-state index in [-0.39, 0.29) is 11.9 Å². The van der Waals surface area contributed by atoms with Gasteiger partial charge in [-0.2, -0.15) is 0 Å². The number of nitrogens with one attached hydrogen (secondary N) is 1. The van der Waals surface area contributed by atoms with Crippen LogP contribution in [0.15, 0.2) is 24.3 Å². The Hall–Kier alpha value is -1.59. The monoisotopic (exact) mass is 345 g/mol. The molecule has 25 heavy (non-hydrogen) atoms. The Morgan fingerprint density at radius 3 is 2.40 bits per heavy atom. The number of carbonyl (C=O) groups excluding carboxylic acids is 1. The van der Waals surface area contributed by atoms with Crippen molar-refractivity contribution in [2.24, 2.45) is 0 Å². The molecule has 3 rings (SSSR count). The zero-order chi connectivity index (χ0) is 17.6. The Balaban J connectivity index is 1.43. The van der Waals surface area contributed by atoms with E-state index in [1.54, 1.807) is 7.11 Å². The van der Waals surface area contributed by atoms with Crippen LogP contribution in [0.1, 0.15) is 38.2 Å². The van der Waals surface area contributed by atoms with E-state index in [1.807, 2.05) is 19.1 Å². The Kier molecular flexibility index (Phi) is 6.32. The van der Waals surface area contributed by atoms with E-state index in [9.17, 15) is 4.79 Å². The fourth-order valence-corrected chi connectivity index (χ4v) is 3.86. The summed E-state index contributed by atoms with van der Waals surface area (Å²) >= 11 is 0. The molecule has 1 aliphatic heterocycles. The minimum Gasteiger partial charge on any atom is -0.497 e. The maximum absolute atomic E-state index is 12.5. The number of nitrogens with zero attached hydrogens (tertiary/aromatic N) is 2. The summed E-state index contributed by atoms with van der Waals surface area (Å²) in [5.74, 6) is 1.10. The molecule has 1 aromatic rings. The highest BCUT2D eigenvalue weighted by Crippen LogP contribution is 2.18. The minimum absolute atomic E-state index is 0.0243. The van der Waals surface area contributed by atoms with Gasteiger partial charge in [0.2, 0.25) is 5.91 Å². The van der Waals surface area contributed by atoms with Crippen LogP contribution in [-0.4, -0.2) is 61.1 Å². The first-order valence-corrected chi connectivity index (χ1v) is 9.55. The van der Waals surface area contributed by atoms with E-state index in [1.165, 1.54) is 18.4 Å². The molecule has 1 saturated heterocycles. The molecule has 1 amide bonds. The summed E-state index contributed by atoms with van der Waals surface area (Å²) in [5, 5.41) is 3.23. The van der Waals surface area contributed by atoms with Crippen molar-refractivity contribution in [3.05, 3.63) is 29.8 Å². The van der Waals surface area contributed by atoms with Gasteiger partial charge < -0.3 is 10.1 Å². The second kappa shape index (κ2) is 8.68. The summed E-state index contributed by atoms with van der Waals surface area (Å²) in [7, 11) is 1.69. The molecule has 1 heterocycles. The molecule has 5 heteroatoms. The molecule has 0 bridgehead atoms. The molecule has 0 aromatic heterocycles. The fourth-order valence-electron chi connectivity index (χ4n) is 3.86. The highest BCUT2D eigenvalue weighted by molar-refractivity contribution is 5.81. The first-order chi connectivity index (χ1) is 12.2. The lowest BCUT2D eigenvalue weighted by Gasteiger charge is -2.37. The molecule has 1 saturated carbocycles. The summed E-state index contributed by atoms with van der Waals surface area (Å²) in [6.45, 7) is 6.93. The van der Waals surface area contributed by atoms with Gasteiger partial charge in [-0.25, -0.2) is 0 Å². The third-order valence-corrected chi connectivity index (χ3v) is 5.60. The largest absolute Gasteiger partial charge is 0.497 e. The van der Waals surface area contributed by atoms with Gasteiger partial charge in [0.1, 0.15) is 5.75 Å². The maximum atomic E-state index is 12.5. The molecule has 2 fully saturated rings. The van der Waals surface area contributed by atoms with Crippen molar-refractivity contribution >= 4 is 5.91 Å². The summed E-state index contributed by atoms with van der Waals surface area (Å²) in [6.07, 6.45) is 4.80. The van der Waals surface area contributed by atoms with Crippen LogP contribution >= 0.6 is 0 Å². The Bertz CT molecular complexity index is 547. The summed E-state index contributed by atoms with van der Waals surface area (Å²) in [5.41, 5.74) is 1.31. The molecular weight excluding hydrogens is 314 g/mol. The Morgan fingerprint density at radius 1 is 1.16 bits per heavy atom. The Labute approximate surface area is 151 Å². The average Bonchev–Trinajstić information content (AvgIpc) is 3.15. The first kappa shape index (κ1) is 18.2. The van der Waals surface area contributed by atoms with Crippen LogP contribution in [0.3, 0.4) is 0 Å². The standard InChI is InChI=1S/C20H31N3O2/c1-16(20(24)21-18-5-3-4-6-18)23-13-11-22(12-14-23)15-17-7-9-19(25-2)10-8-17/h7-10,16,18H,3-6,11-15H2,1-2H3,(H,21,24)/t16-/m1/s1. The number of hydrogen-bond donors (Lipinski definition) is 1. The second-order valence-corrected chi connectivity index (χ2v) is 7.33. The van der Waals surface area contributed by atoms with Crippen molar-refractivity contribution in [3.8, 4) is 5.75 Å². The second-order valence-electron chi connectivity index (χ2n) is 7.33. The van der Waals surface area contributed by atoms with Gasteiger partial charge in [0.15, 0.2) is 0 Å². The SMILES string of the molecule is COc1ccc(CN2CCN([C@H](C)C(=O)NC3CCCC3)CC2)cc1. The minimum atomic E-state index is -0.0243. The molecule has 1 atom stereocenters. The number of ether oxygens (including phenoxy) is 1. The van der Waals surface area contributed by atoms with Gasteiger partial charge in [-0.05, 0) is 37.5 Å². The van der Waals surface area contributed by atoms with Crippen LogP contribution in [0.25, 0.3) is 0 Å². The zero-order valence-electron chi connectivity index (χ0n) is 15.5. The number of piperazine rings is 1. The van der Waals surface area contributed by atoms with Crippen LogP contribution in [0, 0.1) is 0 Å². The lowest BCUT2D eigenvalue weighted by Crippen LogP contribution is -2.54. The van der Waals surface area contributed by atoms with Gasteiger partial charge in [-0.15, -0.1) is 0 Å². The highest BCUT2D eigenvalue weighted by Gasteiger charge is 2.27. The van der Waals surface area contributed by atoms with Crippen molar-refractivity contribution in [3.63, 3.8) is 0 Å². The highest BCUT2D eigenvalue weighted by atomic mass is 16.5. The van der Waals surface area contributed by atoms with Gasteiger partial charge in [0, 0.05) is 38.8 Å². The third-order valence-electron chi connectivity index (χ3n) is 5.60.